The minimum Gasteiger partial charge on any atom is -0.394 e. The van der Waals surface area contributed by atoms with E-state index in [1.54, 1.807) is 4.90 Å². The van der Waals surface area contributed by atoms with Gasteiger partial charge in [-0.15, -0.1) is 0 Å². The molecule has 1 atom stereocenters. The summed E-state index contributed by atoms with van der Waals surface area (Å²) in [6.07, 6.45) is 2.19. The van der Waals surface area contributed by atoms with Gasteiger partial charge >= 0.3 is 0 Å². The molecule has 0 aromatic carbocycles. The lowest BCUT2D eigenvalue weighted by molar-refractivity contribution is -0.130. The van der Waals surface area contributed by atoms with Crippen molar-refractivity contribution in [3.05, 3.63) is 11.9 Å². The Morgan fingerprint density at radius 1 is 1.69 bits per heavy atom. The highest BCUT2D eigenvalue weighted by Crippen LogP contribution is 2.41. The Bertz CT molecular complexity index is 277. The van der Waals surface area contributed by atoms with Crippen LogP contribution >= 0.6 is 0 Å². The first-order chi connectivity index (χ1) is 6.22. The Kier molecular flexibility index (Phi) is 1.87. The summed E-state index contributed by atoms with van der Waals surface area (Å²) in [5, 5.41) is 9.21. The molecule has 72 valence electrons. The number of carbonyl (C=O) groups is 1. The Labute approximate surface area is 75.8 Å². The lowest BCUT2D eigenvalue weighted by Crippen LogP contribution is -2.43. The van der Waals surface area contributed by atoms with Gasteiger partial charge in [-0.2, -0.15) is 0 Å². The molecule has 2 fully saturated rings. The number of hydrogen-bond acceptors (Lipinski definition) is 2. The molecule has 0 spiro atoms. The zero-order valence-corrected chi connectivity index (χ0v) is 7.29. The highest BCUT2D eigenvalue weighted by atomic mass is 19.1. The molecule has 2 saturated heterocycles. The van der Waals surface area contributed by atoms with Crippen LogP contribution < -0.4 is 0 Å². The molecule has 0 aliphatic carbocycles. The SMILES string of the molecule is O=C1CC[C@@]2(CO)C/C(=C\F)CN12. The van der Waals surface area contributed by atoms with Gasteiger partial charge in [-0.05, 0) is 18.4 Å². The molecule has 13 heavy (non-hydrogen) atoms. The maximum atomic E-state index is 12.3. The van der Waals surface area contributed by atoms with E-state index >= 15 is 0 Å². The van der Waals surface area contributed by atoms with Crippen LogP contribution in [0.5, 0.6) is 0 Å². The van der Waals surface area contributed by atoms with Crippen molar-refractivity contribution in [3.8, 4) is 0 Å². The number of amides is 1. The predicted octanol–water partition coefficient (Wildman–Crippen LogP) is 0.597. The van der Waals surface area contributed by atoms with E-state index in [4.69, 9.17) is 0 Å². The molecule has 0 radical (unpaired) electrons. The molecule has 0 bridgehead atoms. The minimum atomic E-state index is -0.477. The van der Waals surface area contributed by atoms with Crippen LogP contribution in [-0.4, -0.2) is 34.6 Å². The quantitative estimate of drug-likeness (QED) is 0.649. The third-order valence-corrected chi connectivity index (χ3v) is 3.04. The van der Waals surface area contributed by atoms with Crippen molar-refractivity contribution in [2.24, 2.45) is 0 Å². The van der Waals surface area contributed by atoms with Crippen molar-refractivity contribution in [1.82, 2.24) is 4.90 Å². The van der Waals surface area contributed by atoms with E-state index in [1.807, 2.05) is 0 Å². The lowest BCUT2D eigenvalue weighted by atomic mass is 9.94. The average molecular weight is 185 g/mol. The minimum absolute atomic E-state index is 0.0332. The van der Waals surface area contributed by atoms with E-state index in [0.29, 0.717) is 37.7 Å². The van der Waals surface area contributed by atoms with Crippen molar-refractivity contribution in [2.45, 2.75) is 24.8 Å². The molecule has 0 unspecified atom stereocenters. The number of halogens is 1. The van der Waals surface area contributed by atoms with Crippen LogP contribution in [-0.2, 0) is 4.79 Å². The smallest absolute Gasteiger partial charge is 0.223 e. The maximum absolute atomic E-state index is 12.3. The fraction of sp³-hybridized carbons (Fsp3) is 0.667. The number of hydrogen-bond donors (Lipinski definition) is 1. The molecule has 0 saturated carbocycles. The summed E-state index contributed by atoms with van der Waals surface area (Å²) in [4.78, 5) is 13.0. The van der Waals surface area contributed by atoms with Gasteiger partial charge in [0, 0.05) is 13.0 Å². The zero-order valence-electron chi connectivity index (χ0n) is 7.29. The standard InChI is InChI=1S/C9H12FNO2/c10-4-7-3-9(6-12)2-1-8(13)11(9)5-7/h4,12H,1-3,5-6H2/b7-4+/t9-/m0/s1. The van der Waals surface area contributed by atoms with E-state index in [0.717, 1.165) is 0 Å². The molecule has 3 nitrogen and oxygen atoms in total. The van der Waals surface area contributed by atoms with Crippen LogP contribution in [0, 0.1) is 0 Å². The number of aliphatic hydroxyl groups is 1. The molecular weight excluding hydrogens is 173 g/mol. The molecule has 2 aliphatic rings. The molecule has 2 heterocycles. The van der Waals surface area contributed by atoms with Gasteiger partial charge < -0.3 is 10.0 Å². The summed E-state index contributed by atoms with van der Waals surface area (Å²) in [5.74, 6) is 0.0332. The van der Waals surface area contributed by atoms with Crippen LogP contribution in [0.1, 0.15) is 19.3 Å². The van der Waals surface area contributed by atoms with Gasteiger partial charge in [-0.1, -0.05) is 0 Å². The lowest BCUT2D eigenvalue weighted by Gasteiger charge is -2.28. The van der Waals surface area contributed by atoms with Gasteiger partial charge in [0.2, 0.25) is 5.91 Å². The molecule has 0 aromatic heterocycles. The molecule has 2 aliphatic heterocycles. The van der Waals surface area contributed by atoms with Crippen molar-refractivity contribution < 1.29 is 14.3 Å². The zero-order chi connectivity index (χ0) is 9.47. The first-order valence-electron chi connectivity index (χ1n) is 4.41. The number of rotatable bonds is 1. The Morgan fingerprint density at radius 3 is 3.00 bits per heavy atom. The largest absolute Gasteiger partial charge is 0.394 e. The van der Waals surface area contributed by atoms with Crippen LogP contribution in [0.2, 0.25) is 0 Å². The summed E-state index contributed by atoms with van der Waals surface area (Å²) >= 11 is 0. The van der Waals surface area contributed by atoms with E-state index in [9.17, 15) is 14.3 Å². The Hall–Kier alpha value is -0.900. The fourth-order valence-corrected chi connectivity index (χ4v) is 2.29. The maximum Gasteiger partial charge on any atom is 0.223 e. The van der Waals surface area contributed by atoms with E-state index < -0.39 is 5.54 Å². The highest BCUT2D eigenvalue weighted by Gasteiger charge is 2.49. The van der Waals surface area contributed by atoms with Gasteiger partial charge in [-0.25, -0.2) is 4.39 Å². The normalized spacial score (nSPS) is 36.0. The third kappa shape index (κ3) is 1.09. The predicted molar refractivity (Wildman–Crippen MR) is 44.6 cm³/mol. The first kappa shape index (κ1) is 8.69. The molecule has 2 rings (SSSR count). The molecule has 1 N–H and O–H groups in total. The fourth-order valence-electron chi connectivity index (χ4n) is 2.29. The number of nitrogens with zero attached hydrogens (tertiary/aromatic N) is 1. The average Bonchev–Trinajstić information content (AvgIpc) is 2.65. The Balaban J connectivity index is 2.29. The van der Waals surface area contributed by atoms with E-state index in [1.165, 1.54) is 0 Å². The van der Waals surface area contributed by atoms with Gasteiger partial charge in [0.25, 0.3) is 0 Å². The van der Waals surface area contributed by atoms with Crippen LogP contribution in [0.4, 0.5) is 4.39 Å². The number of aliphatic hydroxyl groups excluding tert-OH is 1. The van der Waals surface area contributed by atoms with Crippen LogP contribution in [0.15, 0.2) is 11.9 Å². The summed E-state index contributed by atoms with van der Waals surface area (Å²) in [6.45, 7) is 0.298. The van der Waals surface area contributed by atoms with Gasteiger partial charge in [0.15, 0.2) is 0 Å². The van der Waals surface area contributed by atoms with Gasteiger partial charge in [0.1, 0.15) is 0 Å². The second-order valence-electron chi connectivity index (χ2n) is 3.81. The summed E-state index contributed by atoms with van der Waals surface area (Å²) in [5.41, 5.74) is 0.136. The van der Waals surface area contributed by atoms with Gasteiger partial charge in [-0.3, -0.25) is 4.79 Å². The highest BCUT2D eigenvalue weighted by molar-refractivity contribution is 5.81. The number of carbonyl (C=O) groups excluding carboxylic acids is 1. The topological polar surface area (TPSA) is 40.5 Å². The summed E-state index contributed by atoms with van der Waals surface area (Å²) in [7, 11) is 0. The molecule has 0 aromatic rings. The summed E-state index contributed by atoms with van der Waals surface area (Å²) < 4.78 is 12.3. The van der Waals surface area contributed by atoms with Crippen LogP contribution in [0.25, 0.3) is 0 Å². The monoisotopic (exact) mass is 185 g/mol. The second-order valence-corrected chi connectivity index (χ2v) is 3.81. The van der Waals surface area contributed by atoms with E-state index in [2.05, 4.69) is 0 Å². The van der Waals surface area contributed by atoms with E-state index in [-0.39, 0.29) is 12.5 Å². The summed E-state index contributed by atoms with van der Waals surface area (Å²) in [6, 6.07) is 0. The number of fused-ring (bicyclic) bond motifs is 1. The first-order valence-corrected chi connectivity index (χ1v) is 4.41. The van der Waals surface area contributed by atoms with Crippen molar-refractivity contribution in [1.29, 1.82) is 0 Å². The third-order valence-electron chi connectivity index (χ3n) is 3.04. The molecule has 1 amide bonds. The van der Waals surface area contributed by atoms with Crippen LogP contribution in [0.3, 0.4) is 0 Å². The molecule has 4 heteroatoms. The van der Waals surface area contributed by atoms with Crippen molar-refractivity contribution in [3.63, 3.8) is 0 Å². The van der Waals surface area contributed by atoms with Crippen molar-refractivity contribution in [2.75, 3.05) is 13.2 Å². The van der Waals surface area contributed by atoms with Crippen molar-refractivity contribution >= 4 is 5.91 Å². The Morgan fingerprint density at radius 2 is 2.46 bits per heavy atom. The molecular formula is C9H12FNO2. The van der Waals surface area contributed by atoms with Gasteiger partial charge in [0.05, 0.1) is 18.5 Å². The second kappa shape index (κ2) is 2.80.